The van der Waals surface area contributed by atoms with Crippen molar-refractivity contribution in [3.63, 3.8) is 0 Å². The van der Waals surface area contributed by atoms with E-state index in [1.165, 1.54) is 6.07 Å². The van der Waals surface area contributed by atoms with Gasteiger partial charge in [0.05, 0.1) is 38.5 Å². The van der Waals surface area contributed by atoms with E-state index in [9.17, 15) is 13.6 Å². The summed E-state index contributed by atoms with van der Waals surface area (Å²) in [5.74, 6) is -1.07. The topological polar surface area (TPSA) is 46.0 Å². The molecule has 1 aliphatic rings. The van der Waals surface area contributed by atoms with Crippen LogP contribution in [-0.2, 0) is 4.79 Å². The van der Waals surface area contributed by atoms with E-state index in [1.54, 1.807) is 0 Å². The lowest BCUT2D eigenvalue weighted by atomic mass is 10.2. The largest absolute Gasteiger partial charge is 0.492 e. The molecule has 1 heterocycles. The van der Waals surface area contributed by atoms with Gasteiger partial charge in [-0.15, -0.1) is 0 Å². The maximum absolute atomic E-state index is 13.6. The zero-order chi connectivity index (χ0) is 19.2. The van der Waals surface area contributed by atoms with Gasteiger partial charge in [0.1, 0.15) is 23.1 Å². The van der Waals surface area contributed by atoms with Crippen LogP contribution in [0.5, 0.6) is 5.75 Å². The fourth-order valence-corrected chi connectivity index (χ4v) is 3.26. The minimum absolute atomic E-state index is 0.175. The molecule has 144 valence electrons. The van der Waals surface area contributed by atoms with Gasteiger partial charge in [-0.2, -0.15) is 0 Å². The Hall–Kier alpha value is -2.67. The van der Waals surface area contributed by atoms with Crippen LogP contribution in [-0.4, -0.2) is 45.2 Å². The van der Waals surface area contributed by atoms with Gasteiger partial charge in [0, 0.05) is 0 Å². The Kier molecular flexibility index (Phi) is 6.24. The molecule has 1 aliphatic heterocycles. The quantitative estimate of drug-likeness (QED) is 0.807. The Labute approximate surface area is 157 Å². The van der Waals surface area contributed by atoms with Crippen LogP contribution in [0, 0.1) is 11.6 Å². The van der Waals surface area contributed by atoms with Crippen LogP contribution in [0.1, 0.15) is 6.92 Å². The zero-order valence-electron chi connectivity index (χ0n) is 15.3. The summed E-state index contributed by atoms with van der Waals surface area (Å²) in [5, 5.41) is 2.35. The summed E-state index contributed by atoms with van der Waals surface area (Å²) >= 11 is 0. The summed E-state index contributed by atoms with van der Waals surface area (Å²) in [6.07, 6.45) is 0. The number of piperazine rings is 1. The number of carbonyl (C=O) groups excluding carboxylic acids is 1. The van der Waals surface area contributed by atoms with Crippen molar-refractivity contribution in [1.29, 1.82) is 0 Å². The fourth-order valence-electron chi connectivity index (χ4n) is 3.26. The van der Waals surface area contributed by atoms with Crippen LogP contribution in [0.3, 0.4) is 0 Å². The minimum Gasteiger partial charge on any atom is -0.492 e. The van der Waals surface area contributed by atoms with Gasteiger partial charge in [-0.1, -0.05) is 18.2 Å². The summed E-state index contributed by atoms with van der Waals surface area (Å²) in [7, 11) is 0. The number of benzene rings is 2. The molecule has 27 heavy (non-hydrogen) atoms. The molecule has 0 atom stereocenters. The van der Waals surface area contributed by atoms with Crippen molar-refractivity contribution in [2.45, 2.75) is 6.92 Å². The molecule has 0 radical (unpaired) electrons. The van der Waals surface area contributed by atoms with Crippen LogP contribution in [0.15, 0.2) is 42.5 Å². The number of hydrogen-bond acceptors (Lipinski definition) is 3. The summed E-state index contributed by atoms with van der Waals surface area (Å²) < 4.78 is 33.0. The summed E-state index contributed by atoms with van der Waals surface area (Å²) in [6, 6.07) is 11.4. The molecule has 2 N–H and O–H groups in total. The summed E-state index contributed by atoms with van der Waals surface area (Å²) in [6.45, 7) is 5.81. The van der Waals surface area contributed by atoms with Gasteiger partial charge in [0.2, 0.25) is 0 Å². The van der Waals surface area contributed by atoms with Crippen LogP contribution in [0.25, 0.3) is 0 Å². The van der Waals surface area contributed by atoms with Crippen LogP contribution < -0.4 is 19.9 Å². The standard InChI is InChI=1S/C20H23F2N3O2/c1-2-27-18-9-4-3-8-17(18)25-12-10-24(11-13-25)14-19(26)23-20-15(21)6-5-7-16(20)22/h3-9H,2,10-14H2,1H3,(H,23,26)/p+1. The van der Waals surface area contributed by atoms with Crippen molar-refractivity contribution >= 4 is 17.3 Å². The van der Waals surface area contributed by atoms with Gasteiger partial charge in [0.15, 0.2) is 6.54 Å². The van der Waals surface area contributed by atoms with Crippen molar-refractivity contribution in [3.05, 3.63) is 54.1 Å². The number of amides is 1. The van der Waals surface area contributed by atoms with Gasteiger partial charge in [-0.05, 0) is 31.2 Å². The monoisotopic (exact) mass is 376 g/mol. The Bertz CT molecular complexity index is 772. The van der Waals surface area contributed by atoms with Crippen molar-refractivity contribution in [2.24, 2.45) is 0 Å². The number of nitrogens with zero attached hydrogens (tertiary/aromatic N) is 1. The summed E-state index contributed by atoms with van der Waals surface area (Å²) in [5.41, 5.74) is 0.669. The number of nitrogens with one attached hydrogen (secondary N) is 2. The molecular formula is C20H24F2N3O2+. The summed E-state index contributed by atoms with van der Waals surface area (Å²) in [4.78, 5) is 15.5. The predicted octanol–water partition coefficient (Wildman–Crippen LogP) is 1.71. The predicted molar refractivity (Wildman–Crippen MR) is 100 cm³/mol. The van der Waals surface area contributed by atoms with E-state index in [-0.39, 0.29) is 12.2 Å². The van der Waals surface area contributed by atoms with E-state index in [0.717, 1.165) is 54.6 Å². The molecule has 7 heteroatoms. The number of hydrogen-bond donors (Lipinski definition) is 2. The third-order valence-electron chi connectivity index (χ3n) is 4.61. The molecular weight excluding hydrogens is 352 g/mol. The normalized spacial score (nSPS) is 14.9. The molecule has 1 fully saturated rings. The average molecular weight is 376 g/mol. The van der Waals surface area contributed by atoms with E-state index in [4.69, 9.17) is 4.74 Å². The van der Waals surface area contributed by atoms with E-state index in [0.29, 0.717) is 6.61 Å². The Morgan fingerprint density at radius 2 is 1.78 bits per heavy atom. The van der Waals surface area contributed by atoms with Gasteiger partial charge in [-0.3, -0.25) is 4.79 Å². The number of carbonyl (C=O) groups is 1. The molecule has 1 saturated heterocycles. The van der Waals surface area contributed by atoms with Crippen LogP contribution >= 0.6 is 0 Å². The maximum atomic E-state index is 13.6. The second-order valence-corrected chi connectivity index (χ2v) is 6.46. The van der Waals surface area contributed by atoms with Gasteiger partial charge >= 0.3 is 0 Å². The molecule has 2 aromatic carbocycles. The van der Waals surface area contributed by atoms with E-state index >= 15 is 0 Å². The molecule has 0 bridgehead atoms. The second-order valence-electron chi connectivity index (χ2n) is 6.46. The van der Waals surface area contributed by atoms with Crippen LogP contribution in [0.2, 0.25) is 0 Å². The Morgan fingerprint density at radius 3 is 2.44 bits per heavy atom. The third kappa shape index (κ3) is 4.74. The number of anilines is 2. The van der Waals surface area contributed by atoms with E-state index < -0.39 is 17.5 Å². The number of rotatable bonds is 6. The Morgan fingerprint density at radius 1 is 1.11 bits per heavy atom. The highest BCUT2D eigenvalue weighted by molar-refractivity contribution is 5.91. The second kappa shape index (κ2) is 8.81. The SMILES string of the molecule is CCOc1ccccc1N1CC[NH+](CC(=O)Nc2c(F)cccc2F)CC1. The lowest BCUT2D eigenvalue weighted by Crippen LogP contribution is -3.15. The highest BCUT2D eigenvalue weighted by atomic mass is 19.1. The highest BCUT2D eigenvalue weighted by Crippen LogP contribution is 2.27. The van der Waals surface area contributed by atoms with E-state index in [2.05, 4.69) is 10.2 Å². The molecule has 0 unspecified atom stereocenters. The first-order valence-electron chi connectivity index (χ1n) is 9.12. The van der Waals surface area contributed by atoms with Crippen molar-refractivity contribution < 1.29 is 23.2 Å². The number of halogens is 2. The molecule has 0 saturated carbocycles. The van der Waals surface area contributed by atoms with Crippen molar-refractivity contribution in [1.82, 2.24) is 0 Å². The molecule has 5 nitrogen and oxygen atoms in total. The maximum Gasteiger partial charge on any atom is 0.279 e. The Balaban J connectivity index is 1.55. The van der Waals surface area contributed by atoms with Crippen molar-refractivity contribution in [3.8, 4) is 5.75 Å². The average Bonchev–Trinajstić information content (AvgIpc) is 2.66. The number of para-hydroxylation sites is 3. The lowest BCUT2D eigenvalue weighted by Gasteiger charge is -2.34. The molecule has 0 aliphatic carbocycles. The van der Waals surface area contributed by atoms with Gasteiger partial charge in [0.25, 0.3) is 5.91 Å². The minimum atomic E-state index is -0.768. The van der Waals surface area contributed by atoms with Crippen molar-refractivity contribution in [2.75, 3.05) is 49.5 Å². The zero-order valence-corrected chi connectivity index (χ0v) is 15.3. The first-order chi connectivity index (χ1) is 13.1. The number of quaternary nitrogens is 1. The number of ether oxygens (including phenoxy) is 1. The molecule has 1 amide bonds. The lowest BCUT2D eigenvalue weighted by molar-refractivity contribution is -0.892. The first-order valence-corrected chi connectivity index (χ1v) is 9.12. The van der Waals surface area contributed by atoms with Gasteiger partial charge < -0.3 is 19.9 Å². The third-order valence-corrected chi connectivity index (χ3v) is 4.61. The van der Waals surface area contributed by atoms with E-state index in [1.807, 2.05) is 31.2 Å². The molecule has 3 rings (SSSR count). The molecule has 0 spiro atoms. The molecule has 0 aromatic heterocycles. The smallest absolute Gasteiger partial charge is 0.279 e. The molecule has 2 aromatic rings. The highest BCUT2D eigenvalue weighted by Gasteiger charge is 2.24. The first kappa shape index (κ1) is 19.1. The van der Waals surface area contributed by atoms with Gasteiger partial charge in [-0.25, -0.2) is 8.78 Å². The van der Waals surface area contributed by atoms with Crippen LogP contribution in [0.4, 0.5) is 20.2 Å². The fraction of sp³-hybridized carbons (Fsp3) is 0.350.